The van der Waals surface area contributed by atoms with E-state index < -0.39 is 0 Å². The molecule has 4 aromatic rings. The number of aromatic nitrogens is 1. The van der Waals surface area contributed by atoms with Crippen molar-refractivity contribution in [2.75, 3.05) is 33.3 Å². The summed E-state index contributed by atoms with van der Waals surface area (Å²) >= 11 is 0. The summed E-state index contributed by atoms with van der Waals surface area (Å²) in [5.74, 6) is 1.05. The number of hydrogen-bond acceptors (Lipinski definition) is 5. The lowest BCUT2D eigenvalue weighted by molar-refractivity contribution is 0.402. The van der Waals surface area contributed by atoms with Crippen molar-refractivity contribution in [1.29, 1.82) is 0 Å². The molecule has 6 heteroatoms. The molecule has 1 unspecified atom stereocenters. The fraction of sp³-hybridized carbons (Fsp3) is 0.267. The predicted octanol–water partition coefficient (Wildman–Crippen LogP) is 4.93. The van der Waals surface area contributed by atoms with Gasteiger partial charge in [-0.3, -0.25) is 0 Å². The first kappa shape index (κ1) is 24.0. The van der Waals surface area contributed by atoms with Crippen molar-refractivity contribution >= 4 is 16.5 Å². The van der Waals surface area contributed by atoms with Crippen molar-refractivity contribution in [2.24, 2.45) is 0 Å². The van der Waals surface area contributed by atoms with Gasteiger partial charge in [0, 0.05) is 41.7 Å². The molecule has 0 fully saturated rings. The first-order valence-corrected chi connectivity index (χ1v) is 12.5. The molecule has 0 bridgehead atoms. The fourth-order valence-electron chi connectivity index (χ4n) is 5.10. The van der Waals surface area contributed by atoms with Crippen LogP contribution in [0.15, 0.2) is 72.9 Å². The number of hydrogen-bond donors (Lipinski definition) is 5. The molecule has 1 aromatic heterocycles. The zero-order valence-electron chi connectivity index (χ0n) is 20.6. The topological polar surface area (TPSA) is 89.5 Å². The van der Waals surface area contributed by atoms with E-state index in [1.165, 1.54) is 27.6 Å². The molecular weight excluding hydrogens is 450 g/mol. The van der Waals surface area contributed by atoms with Crippen molar-refractivity contribution < 1.29 is 14.9 Å². The number of ether oxygens (including phenoxy) is 1. The monoisotopic (exact) mass is 483 g/mol. The van der Waals surface area contributed by atoms with Gasteiger partial charge in [0.2, 0.25) is 0 Å². The molecule has 5 N–H and O–H groups in total. The van der Waals surface area contributed by atoms with Crippen molar-refractivity contribution in [3.05, 3.63) is 95.2 Å². The van der Waals surface area contributed by atoms with Gasteiger partial charge in [0.1, 0.15) is 5.75 Å². The van der Waals surface area contributed by atoms with Gasteiger partial charge in [0.15, 0.2) is 11.5 Å². The predicted molar refractivity (Wildman–Crippen MR) is 145 cm³/mol. The highest BCUT2D eigenvalue weighted by Gasteiger charge is 2.22. The van der Waals surface area contributed by atoms with Gasteiger partial charge in [-0.15, -0.1) is 0 Å². The Hall–Kier alpha value is -3.74. The summed E-state index contributed by atoms with van der Waals surface area (Å²) in [7, 11) is 1.71. The number of nitrogens with one attached hydrogen (secondary N) is 3. The van der Waals surface area contributed by atoms with Crippen LogP contribution in [-0.4, -0.2) is 48.5 Å². The van der Waals surface area contributed by atoms with Gasteiger partial charge in [-0.05, 0) is 78.5 Å². The van der Waals surface area contributed by atoms with E-state index in [4.69, 9.17) is 4.74 Å². The van der Waals surface area contributed by atoms with Gasteiger partial charge < -0.3 is 30.6 Å². The molecule has 3 heterocycles. The molecule has 6 rings (SSSR count). The molecule has 1 atom stereocenters. The van der Waals surface area contributed by atoms with Crippen LogP contribution in [-0.2, 0) is 6.42 Å². The van der Waals surface area contributed by atoms with Gasteiger partial charge in [-0.1, -0.05) is 36.4 Å². The van der Waals surface area contributed by atoms with Crippen LogP contribution in [0, 0.1) is 0 Å². The molecule has 0 aliphatic carbocycles. The van der Waals surface area contributed by atoms with Crippen LogP contribution in [0.5, 0.6) is 17.2 Å². The Morgan fingerprint density at radius 2 is 1.69 bits per heavy atom. The largest absolute Gasteiger partial charge is 0.504 e. The van der Waals surface area contributed by atoms with E-state index in [9.17, 15) is 10.2 Å². The van der Waals surface area contributed by atoms with E-state index in [0.29, 0.717) is 0 Å². The fourth-order valence-corrected chi connectivity index (χ4v) is 5.10. The van der Waals surface area contributed by atoms with E-state index in [1.54, 1.807) is 19.2 Å². The summed E-state index contributed by atoms with van der Waals surface area (Å²) in [4.78, 5) is 3.32. The van der Waals surface area contributed by atoms with Gasteiger partial charge in [-0.25, -0.2) is 0 Å². The molecule has 6 nitrogen and oxygen atoms in total. The van der Waals surface area contributed by atoms with Crippen molar-refractivity contribution in [1.82, 2.24) is 15.6 Å². The Bertz CT molecular complexity index is 1360. The lowest BCUT2D eigenvalue weighted by Crippen LogP contribution is -2.20. The van der Waals surface area contributed by atoms with Crippen LogP contribution in [0.3, 0.4) is 0 Å². The molecular formula is C30H33N3O3. The number of phenols is 2. The van der Waals surface area contributed by atoms with Crippen LogP contribution in [0.25, 0.3) is 16.5 Å². The van der Waals surface area contributed by atoms with E-state index in [0.717, 1.165) is 55.9 Å². The van der Waals surface area contributed by atoms with Gasteiger partial charge >= 0.3 is 0 Å². The van der Waals surface area contributed by atoms with E-state index in [1.807, 2.05) is 24.3 Å². The van der Waals surface area contributed by atoms with E-state index >= 15 is 0 Å². The number of benzene rings is 3. The minimum atomic E-state index is -0.0402. The molecule has 0 radical (unpaired) electrons. The Morgan fingerprint density at radius 1 is 0.889 bits per heavy atom. The Labute approximate surface area is 211 Å². The summed E-state index contributed by atoms with van der Waals surface area (Å²) in [6.07, 6.45) is 6.32. The van der Waals surface area contributed by atoms with E-state index in [2.05, 4.69) is 52.2 Å². The SMILES string of the molecule is COc1ccc2[nH]cc(C3=CCNCC3)c2c1.Oc1cc2c(cc1O)C(c1ccccc1)CNCC2. The zero-order valence-corrected chi connectivity index (χ0v) is 20.6. The molecule has 3 aromatic carbocycles. The second kappa shape index (κ2) is 10.9. The summed E-state index contributed by atoms with van der Waals surface area (Å²) in [5.41, 5.74) is 7.33. The Kier molecular flexibility index (Phi) is 7.26. The number of aromatic hydroxyl groups is 2. The number of phenolic OH excluding ortho intramolecular Hbond substituents is 2. The van der Waals surface area contributed by atoms with Gasteiger partial charge in [-0.2, -0.15) is 0 Å². The molecule has 2 aliphatic rings. The first-order valence-electron chi connectivity index (χ1n) is 12.5. The quantitative estimate of drug-likeness (QED) is 0.267. The molecule has 0 spiro atoms. The average molecular weight is 484 g/mol. The number of aromatic amines is 1. The average Bonchev–Trinajstić information content (AvgIpc) is 3.25. The first-order chi connectivity index (χ1) is 17.6. The normalized spacial score (nSPS) is 17.4. The standard InChI is InChI=1S/C16H17NO2.C14H16N2O/c18-15-8-12-6-7-17-10-14(13(12)9-16(15)19)11-4-2-1-3-5-11;1-17-11-2-3-14-12(8-11)13(9-16-14)10-4-6-15-7-5-10/h1-5,8-9,14,17-19H,6-7,10H2;2-4,8-9,15-16H,5-7H2,1H3. The van der Waals surface area contributed by atoms with Crippen LogP contribution in [0.2, 0.25) is 0 Å². The number of methoxy groups -OCH3 is 1. The Morgan fingerprint density at radius 3 is 2.47 bits per heavy atom. The highest BCUT2D eigenvalue weighted by molar-refractivity contribution is 5.93. The van der Waals surface area contributed by atoms with Gasteiger partial charge in [0.25, 0.3) is 0 Å². The molecule has 0 amide bonds. The summed E-state index contributed by atoms with van der Waals surface area (Å²) in [6.45, 7) is 3.76. The lowest BCUT2D eigenvalue weighted by atomic mass is 9.88. The molecule has 0 saturated carbocycles. The van der Waals surface area contributed by atoms with Gasteiger partial charge in [0.05, 0.1) is 7.11 Å². The third-order valence-corrected chi connectivity index (χ3v) is 7.03. The van der Waals surface area contributed by atoms with Crippen LogP contribution >= 0.6 is 0 Å². The molecule has 186 valence electrons. The van der Waals surface area contributed by atoms with Crippen molar-refractivity contribution in [3.8, 4) is 17.2 Å². The third kappa shape index (κ3) is 5.10. The summed E-state index contributed by atoms with van der Waals surface area (Å²) < 4.78 is 5.29. The lowest BCUT2D eigenvalue weighted by Gasteiger charge is -2.18. The maximum absolute atomic E-state index is 9.76. The molecule has 2 aliphatic heterocycles. The second-order valence-corrected chi connectivity index (χ2v) is 9.25. The van der Waals surface area contributed by atoms with Crippen LogP contribution in [0.4, 0.5) is 0 Å². The minimum absolute atomic E-state index is 0.0348. The number of fused-ring (bicyclic) bond motifs is 2. The minimum Gasteiger partial charge on any atom is -0.504 e. The molecule has 36 heavy (non-hydrogen) atoms. The van der Waals surface area contributed by atoms with E-state index in [-0.39, 0.29) is 17.4 Å². The van der Waals surface area contributed by atoms with Crippen LogP contribution in [0.1, 0.15) is 34.6 Å². The Balaban J connectivity index is 0.000000149. The molecule has 0 saturated heterocycles. The number of rotatable bonds is 3. The third-order valence-electron chi connectivity index (χ3n) is 7.03. The number of H-pyrrole nitrogens is 1. The van der Waals surface area contributed by atoms with Crippen molar-refractivity contribution in [2.45, 2.75) is 18.8 Å². The highest BCUT2D eigenvalue weighted by Crippen LogP contribution is 2.36. The zero-order chi connectivity index (χ0) is 24.9. The maximum atomic E-state index is 9.76. The van der Waals surface area contributed by atoms with Crippen molar-refractivity contribution in [3.63, 3.8) is 0 Å². The smallest absolute Gasteiger partial charge is 0.157 e. The second-order valence-electron chi connectivity index (χ2n) is 9.25. The maximum Gasteiger partial charge on any atom is 0.157 e. The highest BCUT2D eigenvalue weighted by atomic mass is 16.5. The summed E-state index contributed by atoms with van der Waals surface area (Å²) in [5, 5.41) is 27.4. The van der Waals surface area contributed by atoms with Crippen LogP contribution < -0.4 is 15.4 Å². The summed E-state index contributed by atoms with van der Waals surface area (Å²) in [6, 6.07) is 19.8.